The van der Waals surface area contributed by atoms with Crippen molar-refractivity contribution < 1.29 is 4.74 Å². The van der Waals surface area contributed by atoms with Gasteiger partial charge in [-0.1, -0.05) is 31.2 Å². The van der Waals surface area contributed by atoms with Crippen molar-refractivity contribution in [2.45, 2.75) is 52.4 Å². The number of ether oxygens (including phenoxy) is 1. The monoisotopic (exact) mass is 460 g/mol. The van der Waals surface area contributed by atoms with Crippen LogP contribution in [0.5, 0.6) is 0 Å². The minimum atomic E-state index is 0. The van der Waals surface area contributed by atoms with E-state index in [4.69, 9.17) is 4.74 Å². The van der Waals surface area contributed by atoms with Crippen molar-refractivity contribution >= 4 is 29.9 Å². The van der Waals surface area contributed by atoms with Crippen LogP contribution in [-0.4, -0.2) is 49.7 Å². The number of morpholine rings is 1. The van der Waals surface area contributed by atoms with Gasteiger partial charge in [0.1, 0.15) is 0 Å². The Kier molecular flexibility index (Phi) is 10.4. The molecule has 0 aromatic heterocycles. The van der Waals surface area contributed by atoms with E-state index in [-0.39, 0.29) is 24.0 Å². The molecule has 2 rings (SSSR count). The minimum absolute atomic E-state index is 0. The number of benzene rings is 1. The average Bonchev–Trinajstić information content (AvgIpc) is 2.58. The van der Waals surface area contributed by atoms with E-state index in [1.165, 1.54) is 11.1 Å². The van der Waals surface area contributed by atoms with Gasteiger partial charge in [-0.2, -0.15) is 0 Å². The van der Waals surface area contributed by atoms with Crippen LogP contribution in [-0.2, 0) is 17.8 Å². The van der Waals surface area contributed by atoms with Crippen molar-refractivity contribution in [3.63, 3.8) is 0 Å². The number of nitrogens with one attached hydrogen (secondary N) is 2. The third kappa shape index (κ3) is 7.92. The van der Waals surface area contributed by atoms with Gasteiger partial charge in [0.05, 0.1) is 12.7 Å². The van der Waals surface area contributed by atoms with Gasteiger partial charge in [0.15, 0.2) is 5.96 Å². The predicted molar refractivity (Wildman–Crippen MR) is 116 cm³/mol. The molecular weight excluding hydrogens is 427 g/mol. The maximum Gasteiger partial charge on any atom is 0.191 e. The topological polar surface area (TPSA) is 48.9 Å². The zero-order valence-corrected chi connectivity index (χ0v) is 18.2. The number of hydrogen-bond donors (Lipinski definition) is 2. The van der Waals surface area contributed by atoms with E-state index in [0.717, 1.165) is 45.2 Å². The summed E-state index contributed by atoms with van der Waals surface area (Å²) >= 11 is 0. The zero-order chi connectivity index (χ0) is 17.4. The summed E-state index contributed by atoms with van der Waals surface area (Å²) in [4.78, 5) is 6.75. The van der Waals surface area contributed by atoms with Gasteiger partial charge in [0.25, 0.3) is 0 Å². The van der Waals surface area contributed by atoms with Gasteiger partial charge in [-0.25, -0.2) is 0 Å². The summed E-state index contributed by atoms with van der Waals surface area (Å²) in [5, 5.41) is 6.78. The van der Waals surface area contributed by atoms with Crippen LogP contribution in [0, 0.1) is 0 Å². The smallest absolute Gasteiger partial charge is 0.191 e. The van der Waals surface area contributed by atoms with E-state index in [9.17, 15) is 0 Å². The molecule has 0 aliphatic carbocycles. The molecule has 1 aliphatic heterocycles. The van der Waals surface area contributed by atoms with Crippen LogP contribution in [0.3, 0.4) is 0 Å². The fourth-order valence-corrected chi connectivity index (χ4v) is 2.85. The highest BCUT2D eigenvalue weighted by atomic mass is 127. The molecule has 1 heterocycles. The lowest BCUT2D eigenvalue weighted by Crippen LogP contribution is -2.41. The van der Waals surface area contributed by atoms with Gasteiger partial charge in [-0.05, 0) is 31.4 Å². The second-order valence-electron chi connectivity index (χ2n) is 6.62. The maximum atomic E-state index is 5.62. The molecule has 2 N–H and O–H groups in total. The molecule has 0 spiro atoms. The first-order valence-electron chi connectivity index (χ1n) is 8.99. The molecule has 0 bridgehead atoms. The molecule has 5 nitrogen and oxygen atoms in total. The van der Waals surface area contributed by atoms with E-state index in [2.05, 4.69) is 65.6 Å². The highest BCUT2D eigenvalue weighted by Gasteiger charge is 2.16. The quantitative estimate of drug-likeness (QED) is 0.390. The highest BCUT2D eigenvalue weighted by molar-refractivity contribution is 14.0. The van der Waals surface area contributed by atoms with Crippen LogP contribution in [0.25, 0.3) is 0 Å². The number of halogens is 1. The molecule has 1 saturated heterocycles. The summed E-state index contributed by atoms with van der Waals surface area (Å²) in [6.07, 6.45) is 1.41. The molecule has 1 aromatic carbocycles. The summed E-state index contributed by atoms with van der Waals surface area (Å²) in [5.74, 6) is 0.858. The Hall–Kier alpha value is -0.860. The molecule has 6 heteroatoms. The molecule has 1 aromatic rings. The fraction of sp³-hybridized carbons (Fsp3) is 0.632. The lowest BCUT2D eigenvalue weighted by atomic mass is 10.1. The Morgan fingerprint density at radius 3 is 2.84 bits per heavy atom. The fourth-order valence-electron chi connectivity index (χ4n) is 2.85. The standard InChI is InChI=1S/C19H32N4O.HI/c1-5-15(2)22-19(20-4)21-12-17-7-6-8-18(11-17)14-23-9-10-24-16(3)13-23;/h6-8,11,15-16H,5,9-10,12-14H2,1-4H3,(H2,20,21,22);1H. The molecule has 2 unspecified atom stereocenters. The number of rotatable bonds is 6. The van der Waals surface area contributed by atoms with Crippen molar-refractivity contribution in [2.75, 3.05) is 26.7 Å². The van der Waals surface area contributed by atoms with Crippen LogP contribution in [0.4, 0.5) is 0 Å². The average molecular weight is 460 g/mol. The number of guanidine groups is 1. The van der Waals surface area contributed by atoms with Crippen molar-refractivity contribution in [1.29, 1.82) is 0 Å². The lowest BCUT2D eigenvalue weighted by molar-refractivity contribution is -0.0212. The molecule has 0 saturated carbocycles. The molecule has 25 heavy (non-hydrogen) atoms. The van der Waals surface area contributed by atoms with Crippen molar-refractivity contribution in [1.82, 2.24) is 15.5 Å². The molecule has 2 atom stereocenters. The normalized spacial score (nSPS) is 19.8. The van der Waals surface area contributed by atoms with Crippen LogP contribution in [0.15, 0.2) is 29.3 Å². The number of hydrogen-bond acceptors (Lipinski definition) is 3. The Morgan fingerprint density at radius 2 is 2.16 bits per heavy atom. The zero-order valence-electron chi connectivity index (χ0n) is 15.9. The molecule has 0 radical (unpaired) electrons. The second-order valence-corrected chi connectivity index (χ2v) is 6.62. The SMILES string of the molecule is CCC(C)NC(=NC)NCc1cccc(CN2CCOC(C)C2)c1.I. The summed E-state index contributed by atoms with van der Waals surface area (Å²) in [6, 6.07) is 9.21. The molecule has 1 aliphatic rings. The van der Waals surface area contributed by atoms with Gasteiger partial charge >= 0.3 is 0 Å². The van der Waals surface area contributed by atoms with E-state index in [0.29, 0.717) is 12.1 Å². The predicted octanol–water partition coefficient (Wildman–Crippen LogP) is 2.99. The third-order valence-corrected chi connectivity index (χ3v) is 4.40. The van der Waals surface area contributed by atoms with Crippen molar-refractivity contribution in [3.8, 4) is 0 Å². The van der Waals surface area contributed by atoms with Gasteiger partial charge in [-0.3, -0.25) is 9.89 Å². The van der Waals surface area contributed by atoms with Gasteiger partial charge < -0.3 is 15.4 Å². The highest BCUT2D eigenvalue weighted by Crippen LogP contribution is 2.12. The van der Waals surface area contributed by atoms with Gasteiger partial charge in [0, 0.05) is 39.3 Å². The summed E-state index contributed by atoms with van der Waals surface area (Å²) < 4.78 is 5.62. The van der Waals surface area contributed by atoms with Crippen molar-refractivity contribution in [3.05, 3.63) is 35.4 Å². The second kappa shape index (κ2) is 11.7. The Bertz CT molecular complexity index is 538. The first kappa shape index (κ1) is 22.2. The minimum Gasteiger partial charge on any atom is -0.376 e. The van der Waals surface area contributed by atoms with Gasteiger partial charge in [0.2, 0.25) is 0 Å². The first-order chi connectivity index (χ1) is 11.6. The van der Waals surface area contributed by atoms with E-state index < -0.39 is 0 Å². The van der Waals surface area contributed by atoms with Crippen LogP contribution in [0.1, 0.15) is 38.3 Å². The Balaban J connectivity index is 0.00000312. The summed E-state index contributed by atoms with van der Waals surface area (Å²) in [5.41, 5.74) is 2.63. The Morgan fingerprint density at radius 1 is 1.40 bits per heavy atom. The van der Waals surface area contributed by atoms with E-state index in [1.807, 2.05) is 7.05 Å². The lowest BCUT2D eigenvalue weighted by Gasteiger charge is -2.31. The Labute approximate surface area is 169 Å². The van der Waals surface area contributed by atoms with Crippen LogP contribution in [0.2, 0.25) is 0 Å². The largest absolute Gasteiger partial charge is 0.376 e. The van der Waals surface area contributed by atoms with Crippen LogP contribution >= 0.6 is 24.0 Å². The van der Waals surface area contributed by atoms with Crippen LogP contribution < -0.4 is 10.6 Å². The van der Waals surface area contributed by atoms with Crippen molar-refractivity contribution in [2.24, 2.45) is 4.99 Å². The summed E-state index contributed by atoms with van der Waals surface area (Å²) in [7, 11) is 1.81. The van der Waals surface area contributed by atoms with Gasteiger partial charge in [-0.15, -0.1) is 24.0 Å². The van der Waals surface area contributed by atoms with E-state index in [1.54, 1.807) is 0 Å². The molecular formula is C19H33IN4O. The number of aliphatic imine (C=N–C) groups is 1. The first-order valence-corrected chi connectivity index (χ1v) is 8.99. The van der Waals surface area contributed by atoms with E-state index >= 15 is 0 Å². The maximum absolute atomic E-state index is 5.62. The molecule has 0 amide bonds. The number of nitrogens with zero attached hydrogens (tertiary/aromatic N) is 2. The summed E-state index contributed by atoms with van der Waals surface area (Å²) in [6.45, 7) is 11.1. The third-order valence-electron chi connectivity index (χ3n) is 4.40. The molecule has 1 fully saturated rings. The molecule has 142 valence electrons.